The van der Waals surface area contributed by atoms with E-state index in [-0.39, 0.29) is 11.7 Å². The first-order valence-corrected chi connectivity index (χ1v) is 9.45. The first-order valence-electron chi connectivity index (χ1n) is 9.45. The van der Waals surface area contributed by atoms with Crippen molar-refractivity contribution in [3.05, 3.63) is 83.7 Å². The Labute approximate surface area is 163 Å². The first-order chi connectivity index (χ1) is 13.7. The third-order valence-corrected chi connectivity index (χ3v) is 5.57. The van der Waals surface area contributed by atoms with Gasteiger partial charge in [0.25, 0.3) is 5.91 Å². The van der Waals surface area contributed by atoms with Gasteiger partial charge in [-0.1, -0.05) is 30.3 Å². The molecule has 5 heteroatoms. The average molecular weight is 369 g/mol. The van der Waals surface area contributed by atoms with E-state index in [4.69, 9.17) is 0 Å². The Balaban J connectivity index is 1.34. The molecule has 5 nitrogen and oxygen atoms in total. The van der Waals surface area contributed by atoms with Gasteiger partial charge in [0.1, 0.15) is 0 Å². The summed E-state index contributed by atoms with van der Waals surface area (Å²) in [6, 6.07) is 17.1. The lowest BCUT2D eigenvalue weighted by molar-refractivity contribution is 0.0747. The van der Waals surface area contributed by atoms with Crippen molar-refractivity contribution in [2.45, 2.75) is 0 Å². The maximum absolute atomic E-state index is 13.0. The summed E-state index contributed by atoms with van der Waals surface area (Å²) in [5, 5.41) is 0. The number of piperazine rings is 1. The lowest BCUT2D eigenvalue weighted by Gasteiger charge is -2.36. The number of anilines is 1. The number of ketones is 1. The number of carbonyl (C=O) groups is 2. The summed E-state index contributed by atoms with van der Waals surface area (Å²) in [4.78, 5) is 33.9. The molecule has 1 amide bonds. The van der Waals surface area contributed by atoms with E-state index < -0.39 is 0 Å². The molecule has 2 aromatic carbocycles. The molecule has 0 unspecified atom stereocenters. The molecule has 138 valence electrons. The number of benzene rings is 2. The number of pyridine rings is 1. The minimum absolute atomic E-state index is 0.00255. The number of carbonyl (C=O) groups excluding carboxylic acids is 2. The van der Waals surface area contributed by atoms with Gasteiger partial charge in [-0.3, -0.25) is 14.6 Å². The lowest BCUT2D eigenvalue weighted by Crippen LogP contribution is -2.48. The normalized spacial score (nSPS) is 15.4. The van der Waals surface area contributed by atoms with Crippen LogP contribution in [0.5, 0.6) is 0 Å². The minimum atomic E-state index is -0.0130. The van der Waals surface area contributed by atoms with Crippen molar-refractivity contribution in [3.63, 3.8) is 0 Å². The molecule has 0 radical (unpaired) electrons. The van der Waals surface area contributed by atoms with Gasteiger partial charge in [0.15, 0.2) is 5.78 Å². The van der Waals surface area contributed by atoms with Crippen LogP contribution < -0.4 is 4.90 Å². The molecule has 0 bridgehead atoms. The zero-order valence-electron chi connectivity index (χ0n) is 15.3. The Morgan fingerprint density at radius 1 is 0.786 bits per heavy atom. The molecule has 1 fully saturated rings. The monoisotopic (exact) mass is 369 g/mol. The van der Waals surface area contributed by atoms with Crippen LogP contribution in [0.2, 0.25) is 0 Å². The van der Waals surface area contributed by atoms with Gasteiger partial charge in [-0.25, -0.2) is 0 Å². The van der Waals surface area contributed by atoms with Gasteiger partial charge in [-0.05, 0) is 35.4 Å². The van der Waals surface area contributed by atoms with E-state index in [1.807, 2.05) is 53.4 Å². The van der Waals surface area contributed by atoms with Crippen molar-refractivity contribution in [1.29, 1.82) is 0 Å². The number of hydrogen-bond donors (Lipinski definition) is 0. The maximum Gasteiger partial charge on any atom is 0.253 e. The van der Waals surface area contributed by atoms with Gasteiger partial charge in [-0.15, -0.1) is 0 Å². The highest BCUT2D eigenvalue weighted by atomic mass is 16.2. The molecule has 2 heterocycles. The number of hydrogen-bond acceptors (Lipinski definition) is 4. The molecule has 1 aliphatic heterocycles. The van der Waals surface area contributed by atoms with Gasteiger partial charge < -0.3 is 9.80 Å². The predicted octanol–water partition coefficient (Wildman–Crippen LogP) is 3.26. The summed E-state index contributed by atoms with van der Waals surface area (Å²) in [5.41, 5.74) is 4.92. The minimum Gasteiger partial charge on any atom is -0.368 e. The molecule has 0 N–H and O–H groups in total. The van der Waals surface area contributed by atoms with E-state index in [2.05, 4.69) is 9.88 Å². The van der Waals surface area contributed by atoms with E-state index in [9.17, 15) is 9.59 Å². The molecule has 1 aliphatic carbocycles. The van der Waals surface area contributed by atoms with Crippen molar-refractivity contribution in [2.24, 2.45) is 0 Å². The molecule has 0 saturated carbocycles. The van der Waals surface area contributed by atoms with Crippen LogP contribution in [0.4, 0.5) is 5.69 Å². The second-order valence-corrected chi connectivity index (χ2v) is 7.12. The number of aromatic nitrogens is 1. The Bertz CT molecular complexity index is 1070. The van der Waals surface area contributed by atoms with E-state index in [0.29, 0.717) is 29.8 Å². The molecule has 0 spiro atoms. The maximum atomic E-state index is 13.0. The average Bonchev–Trinajstić information content (AvgIpc) is 3.06. The lowest BCUT2D eigenvalue weighted by atomic mass is 10.0. The Morgan fingerprint density at radius 2 is 1.46 bits per heavy atom. The van der Waals surface area contributed by atoms with Gasteiger partial charge in [-0.2, -0.15) is 0 Å². The van der Waals surface area contributed by atoms with Crippen molar-refractivity contribution in [3.8, 4) is 11.1 Å². The fourth-order valence-electron chi connectivity index (χ4n) is 4.07. The van der Waals surface area contributed by atoms with Gasteiger partial charge in [0, 0.05) is 61.0 Å². The third-order valence-electron chi connectivity index (χ3n) is 5.57. The fraction of sp³-hybridized carbons (Fsp3) is 0.174. The SMILES string of the molecule is O=C1c2ccccc2-c2ccc(C(=O)N3CCN(c4ccncc4)CC3)cc21. The Morgan fingerprint density at radius 3 is 2.21 bits per heavy atom. The number of fused-ring (bicyclic) bond motifs is 3. The second-order valence-electron chi connectivity index (χ2n) is 7.12. The Hall–Kier alpha value is -3.47. The highest BCUT2D eigenvalue weighted by Crippen LogP contribution is 2.36. The first kappa shape index (κ1) is 16.7. The van der Waals surface area contributed by atoms with Crippen LogP contribution in [-0.4, -0.2) is 47.8 Å². The molecular formula is C23H19N3O2. The second kappa shape index (κ2) is 6.60. The van der Waals surface area contributed by atoms with E-state index >= 15 is 0 Å². The molecule has 1 aromatic heterocycles. The van der Waals surface area contributed by atoms with Crippen LogP contribution in [-0.2, 0) is 0 Å². The predicted molar refractivity (Wildman–Crippen MR) is 108 cm³/mol. The molecule has 0 atom stereocenters. The van der Waals surface area contributed by atoms with Crippen molar-refractivity contribution in [1.82, 2.24) is 9.88 Å². The molecular weight excluding hydrogens is 350 g/mol. The largest absolute Gasteiger partial charge is 0.368 e. The summed E-state index contributed by atoms with van der Waals surface area (Å²) in [6.45, 7) is 2.88. The summed E-state index contributed by atoms with van der Waals surface area (Å²) >= 11 is 0. The summed E-state index contributed by atoms with van der Waals surface area (Å²) in [5.74, 6) is -0.0105. The van der Waals surface area contributed by atoms with Crippen LogP contribution in [0.3, 0.4) is 0 Å². The van der Waals surface area contributed by atoms with E-state index in [1.54, 1.807) is 18.5 Å². The van der Waals surface area contributed by atoms with Crippen LogP contribution in [0.1, 0.15) is 26.3 Å². The van der Waals surface area contributed by atoms with Gasteiger partial charge >= 0.3 is 0 Å². The van der Waals surface area contributed by atoms with Gasteiger partial charge in [0.2, 0.25) is 0 Å². The van der Waals surface area contributed by atoms with Crippen molar-refractivity contribution >= 4 is 17.4 Å². The Kier molecular flexibility index (Phi) is 3.93. The zero-order valence-corrected chi connectivity index (χ0v) is 15.3. The summed E-state index contributed by atoms with van der Waals surface area (Å²) in [6.07, 6.45) is 3.57. The molecule has 28 heavy (non-hydrogen) atoms. The fourth-order valence-corrected chi connectivity index (χ4v) is 4.07. The molecule has 3 aromatic rings. The molecule has 2 aliphatic rings. The van der Waals surface area contributed by atoms with Crippen molar-refractivity contribution < 1.29 is 9.59 Å². The van der Waals surface area contributed by atoms with Crippen LogP contribution >= 0.6 is 0 Å². The van der Waals surface area contributed by atoms with Gasteiger partial charge in [0.05, 0.1) is 0 Å². The quantitative estimate of drug-likeness (QED) is 0.544. The number of amides is 1. The van der Waals surface area contributed by atoms with Crippen LogP contribution in [0, 0.1) is 0 Å². The summed E-state index contributed by atoms with van der Waals surface area (Å²) < 4.78 is 0. The topological polar surface area (TPSA) is 53.5 Å². The highest BCUT2D eigenvalue weighted by Gasteiger charge is 2.28. The molecule has 5 rings (SSSR count). The smallest absolute Gasteiger partial charge is 0.253 e. The standard InChI is InChI=1S/C23H19N3O2/c27-22-20-4-2-1-3-18(20)19-6-5-16(15-21(19)22)23(28)26-13-11-25(12-14-26)17-7-9-24-10-8-17/h1-10,15H,11-14H2. The molecule has 1 saturated heterocycles. The summed E-state index contributed by atoms with van der Waals surface area (Å²) in [7, 11) is 0. The zero-order chi connectivity index (χ0) is 19.1. The van der Waals surface area contributed by atoms with Crippen LogP contribution in [0.15, 0.2) is 67.0 Å². The number of nitrogens with zero attached hydrogens (tertiary/aromatic N) is 3. The van der Waals surface area contributed by atoms with E-state index in [0.717, 1.165) is 29.9 Å². The highest BCUT2D eigenvalue weighted by molar-refractivity contribution is 6.22. The van der Waals surface area contributed by atoms with Crippen LogP contribution in [0.25, 0.3) is 11.1 Å². The number of rotatable bonds is 2. The van der Waals surface area contributed by atoms with E-state index in [1.165, 1.54) is 0 Å². The van der Waals surface area contributed by atoms with Crippen molar-refractivity contribution in [2.75, 3.05) is 31.1 Å². The third kappa shape index (κ3) is 2.67.